The number of aromatic nitrogens is 2. The third-order valence-corrected chi connectivity index (χ3v) is 3.92. The van der Waals surface area contributed by atoms with Crippen LogP contribution in [0.15, 0.2) is 79.1 Å². The first-order valence-corrected chi connectivity index (χ1v) is 7.44. The number of aromatic amines is 1. The summed E-state index contributed by atoms with van der Waals surface area (Å²) in [5, 5.41) is 1.03. The molecule has 0 saturated heterocycles. The monoisotopic (exact) mass is 298 g/mol. The van der Waals surface area contributed by atoms with Crippen molar-refractivity contribution in [1.29, 1.82) is 0 Å². The summed E-state index contributed by atoms with van der Waals surface area (Å²) >= 11 is 0. The predicted octanol–water partition coefficient (Wildman–Crippen LogP) is 4.46. The molecule has 110 valence electrons. The first-order chi connectivity index (χ1) is 11.3. The van der Waals surface area contributed by atoms with E-state index in [2.05, 4.69) is 16.0 Å². The number of rotatable bonds is 3. The molecule has 4 aromatic rings. The van der Waals surface area contributed by atoms with E-state index in [1.165, 1.54) is 0 Å². The van der Waals surface area contributed by atoms with E-state index in [-0.39, 0.29) is 5.78 Å². The van der Waals surface area contributed by atoms with Crippen LogP contribution in [-0.4, -0.2) is 15.8 Å². The highest BCUT2D eigenvalue weighted by molar-refractivity contribution is 6.10. The number of benzene rings is 2. The summed E-state index contributed by atoms with van der Waals surface area (Å²) in [5.41, 5.74) is 4.48. The van der Waals surface area contributed by atoms with Gasteiger partial charge in [0.2, 0.25) is 5.78 Å². The lowest BCUT2D eigenvalue weighted by Gasteiger charge is -2.00. The van der Waals surface area contributed by atoms with Crippen LogP contribution in [0.3, 0.4) is 0 Å². The van der Waals surface area contributed by atoms with Gasteiger partial charge in [0, 0.05) is 28.9 Å². The maximum absolute atomic E-state index is 12.5. The van der Waals surface area contributed by atoms with Crippen LogP contribution in [0.2, 0.25) is 0 Å². The molecule has 1 N–H and O–H groups in total. The molecule has 0 unspecified atom stereocenters. The van der Waals surface area contributed by atoms with Gasteiger partial charge in [-0.2, -0.15) is 0 Å². The van der Waals surface area contributed by atoms with E-state index in [1.54, 1.807) is 12.4 Å². The second kappa shape index (κ2) is 5.54. The summed E-state index contributed by atoms with van der Waals surface area (Å²) in [5.74, 6) is 0.00672. The van der Waals surface area contributed by atoms with E-state index in [4.69, 9.17) is 0 Å². The molecule has 2 aromatic heterocycles. The number of carbonyl (C=O) groups excluding carboxylic acids is 1. The summed E-state index contributed by atoms with van der Waals surface area (Å²) in [6.45, 7) is 0. The molecule has 0 saturated carbocycles. The van der Waals surface area contributed by atoms with Crippen molar-refractivity contribution >= 4 is 16.7 Å². The summed E-state index contributed by atoms with van der Waals surface area (Å²) in [7, 11) is 0. The number of ketones is 1. The first kappa shape index (κ1) is 13.5. The van der Waals surface area contributed by atoms with E-state index in [0.717, 1.165) is 22.0 Å². The maximum atomic E-state index is 12.5. The molecular formula is C20H14N2O. The fourth-order valence-electron chi connectivity index (χ4n) is 2.72. The second-order valence-corrected chi connectivity index (χ2v) is 5.42. The largest absolute Gasteiger partial charge is 0.352 e. The number of pyridine rings is 1. The third-order valence-electron chi connectivity index (χ3n) is 3.92. The number of fused-ring (bicyclic) bond motifs is 1. The van der Waals surface area contributed by atoms with Gasteiger partial charge in [0.05, 0.1) is 5.69 Å². The Balaban J connectivity index is 1.75. The number of hydrogen-bond donors (Lipinski definition) is 1. The van der Waals surface area contributed by atoms with E-state index in [0.29, 0.717) is 11.3 Å². The molecule has 0 spiro atoms. The molecule has 2 heterocycles. The Kier molecular flexibility index (Phi) is 3.24. The molecule has 0 aliphatic heterocycles. The van der Waals surface area contributed by atoms with Crippen LogP contribution < -0.4 is 0 Å². The highest BCUT2D eigenvalue weighted by Gasteiger charge is 2.12. The van der Waals surface area contributed by atoms with Gasteiger partial charge in [0.15, 0.2) is 0 Å². The zero-order valence-corrected chi connectivity index (χ0v) is 12.4. The predicted molar refractivity (Wildman–Crippen MR) is 91.4 cm³/mol. The molecule has 0 radical (unpaired) electrons. The van der Waals surface area contributed by atoms with Gasteiger partial charge in [-0.15, -0.1) is 0 Å². The Hall–Kier alpha value is -3.20. The van der Waals surface area contributed by atoms with Crippen LogP contribution in [0.4, 0.5) is 0 Å². The summed E-state index contributed by atoms with van der Waals surface area (Å²) < 4.78 is 0. The fourth-order valence-corrected chi connectivity index (χ4v) is 2.72. The van der Waals surface area contributed by atoms with E-state index < -0.39 is 0 Å². The molecule has 0 aliphatic carbocycles. The minimum absolute atomic E-state index is 0.00672. The van der Waals surface area contributed by atoms with Crippen molar-refractivity contribution in [3.8, 4) is 11.1 Å². The highest BCUT2D eigenvalue weighted by atomic mass is 16.1. The fraction of sp³-hybridized carbons (Fsp3) is 0. The highest BCUT2D eigenvalue weighted by Crippen LogP contribution is 2.25. The van der Waals surface area contributed by atoms with Crippen LogP contribution >= 0.6 is 0 Å². The molecule has 0 aliphatic rings. The number of nitrogens with zero attached hydrogens (tertiary/aromatic N) is 1. The van der Waals surface area contributed by atoms with Crippen molar-refractivity contribution in [2.45, 2.75) is 0 Å². The molecule has 0 amide bonds. The average Bonchev–Trinajstić information content (AvgIpc) is 3.06. The Morgan fingerprint density at radius 1 is 0.826 bits per heavy atom. The van der Waals surface area contributed by atoms with Gasteiger partial charge in [0.1, 0.15) is 0 Å². The molecule has 3 nitrogen and oxygen atoms in total. The topological polar surface area (TPSA) is 45.8 Å². The van der Waals surface area contributed by atoms with Crippen molar-refractivity contribution in [2.75, 3.05) is 0 Å². The van der Waals surface area contributed by atoms with Crippen molar-refractivity contribution in [3.05, 3.63) is 90.4 Å². The second-order valence-electron chi connectivity index (χ2n) is 5.42. The van der Waals surface area contributed by atoms with Gasteiger partial charge in [-0.3, -0.25) is 9.78 Å². The number of nitrogens with one attached hydrogen (secondary N) is 1. The first-order valence-electron chi connectivity index (χ1n) is 7.44. The Morgan fingerprint density at radius 2 is 1.61 bits per heavy atom. The van der Waals surface area contributed by atoms with Gasteiger partial charge in [0.25, 0.3) is 0 Å². The SMILES string of the molecule is O=C(c1ccccc1)c1cc2cc(-c3ccncc3)ccc2[nH]1. The zero-order valence-electron chi connectivity index (χ0n) is 12.4. The molecule has 4 rings (SSSR count). The maximum Gasteiger partial charge on any atom is 0.209 e. The minimum Gasteiger partial charge on any atom is -0.352 e. The van der Waals surface area contributed by atoms with Crippen LogP contribution in [0.25, 0.3) is 22.0 Å². The molecule has 0 bridgehead atoms. The Labute approximate surface area is 133 Å². The van der Waals surface area contributed by atoms with Gasteiger partial charge in [-0.05, 0) is 41.5 Å². The summed E-state index contributed by atoms with van der Waals surface area (Å²) in [4.78, 5) is 19.8. The van der Waals surface area contributed by atoms with E-state index in [9.17, 15) is 4.79 Å². The van der Waals surface area contributed by atoms with Gasteiger partial charge < -0.3 is 4.98 Å². The summed E-state index contributed by atoms with van der Waals surface area (Å²) in [6, 6.07) is 21.3. The zero-order chi connectivity index (χ0) is 15.6. The van der Waals surface area contributed by atoms with Crippen molar-refractivity contribution in [2.24, 2.45) is 0 Å². The van der Waals surface area contributed by atoms with Crippen LogP contribution in [0.1, 0.15) is 16.1 Å². The van der Waals surface area contributed by atoms with Crippen molar-refractivity contribution in [3.63, 3.8) is 0 Å². The minimum atomic E-state index is 0.00672. The summed E-state index contributed by atoms with van der Waals surface area (Å²) in [6.07, 6.45) is 3.56. The average molecular weight is 298 g/mol. The Morgan fingerprint density at radius 3 is 2.39 bits per heavy atom. The molecule has 23 heavy (non-hydrogen) atoms. The Bertz CT molecular complexity index is 972. The smallest absolute Gasteiger partial charge is 0.209 e. The number of H-pyrrole nitrogens is 1. The van der Waals surface area contributed by atoms with Gasteiger partial charge >= 0.3 is 0 Å². The molecular weight excluding hydrogens is 284 g/mol. The lowest BCUT2D eigenvalue weighted by atomic mass is 10.0. The lowest BCUT2D eigenvalue weighted by molar-refractivity contribution is 0.103. The van der Waals surface area contributed by atoms with Crippen molar-refractivity contribution < 1.29 is 4.79 Å². The van der Waals surface area contributed by atoms with Gasteiger partial charge in [-0.1, -0.05) is 36.4 Å². The van der Waals surface area contributed by atoms with Crippen LogP contribution in [0, 0.1) is 0 Å². The standard InChI is InChI=1S/C20H14N2O/c23-20(15-4-2-1-3-5-15)19-13-17-12-16(6-7-18(17)22-19)14-8-10-21-11-9-14/h1-13,22H. The molecule has 0 atom stereocenters. The quantitative estimate of drug-likeness (QED) is 0.567. The van der Waals surface area contributed by atoms with Gasteiger partial charge in [-0.25, -0.2) is 0 Å². The van der Waals surface area contributed by atoms with Crippen LogP contribution in [-0.2, 0) is 0 Å². The lowest BCUT2D eigenvalue weighted by Crippen LogP contribution is -2.00. The number of hydrogen-bond acceptors (Lipinski definition) is 2. The normalized spacial score (nSPS) is 10.8. The van der Waals surface area contributed by atoms with Crippen molar-refractivity contribution in [1.82, 2.24) is 9.97 Å². The molecule has 3 heteroatoms. The van der Waals surface area contributed by atoms with E-state index in [1.807, 2.05) is 60.7 Å². The molecule has 2 aromatic carbocycles. The van der Waals surface area contributed by atoms with Crippen LogP contribution in [0.5, 0.6) is 0 Å². The molecule has 0 fully saturated rings. The third kappa shape index (κ3) is 2.53. The van der Waals surface area contributed by atoms with E-state index >= 15 is 0 Å². The number of carbonyl (C=O) groups is 1.